The van der Waals surface area contributed by atoms with Gasteiger partial charge in [0.15, 0.2) is 0 Å². The number of benzene rings is 1. The van der Waals surface area contributed by atoms with Crippen molar-refractivity contribution >= 4 is 23.5 Å². The number of carbonyl (C=O) groups is 2. The molecule has 1 N–H and O–H groups in total. The van der Waals surface area contributed by atoms with Crippen molar-refractivity contribution < 1.29 is 9.59 Å². The zero-order valence-corrected chi connectivity index (χ0v) is 17.2. The van der Waals surface area contributed by atoms with E-state index in [4.69, 9.17) is 11.6 Å². The lowest BCUT2D eigenvalue weighted by Gasteiger charge is -2.38. The second-order valence-corrected chi connectivity index (χ2v) is 8.88. The summed E-state index contributed by atoms with van der Waals surface area (Å²) in [5, 5.41) is 3.80. The maximum Gasteiger partial charge on any atom is 0.326 e. The third kappa shape index (κ3) is 3.78. The highest BCUT2D eigenvalue weighted by Gasteiger charge is 2.55. The van der Waals surface area contributed by atoms with Crippen LogP contribution in [0.5, 0.6) is 0 Å². The smallest absolute Gasteiger partial charge is 0.323 e. The van der Waals surface area contributed by atoms with Crippen LogP contribution in [0.15, 0.2) is 24.3 Å². The second kappa shape index (κ2) is 8.01. The number of imide groups is 1. The van der Waals surface area contributed by atoms with Gasteiger partial charge >= 0.3 is 6.03 Å². The summed E-state index contributed by atoms with van der Waals surface area (Å²) >= 11 is 5.96. The minimum Gasteiger partial charge on any atom is -0.323 e. The van der Waals surface area contributed by atoms with E-state index in [2.05, 4.69) is 34.2 Å². The Morgan fingerprint density at radius 1 is 1.07 bits per heavy atom. The summed E-state index contributed by atoms with van der Waals surface area (Å²) in [5.41, 5.74) is 0.589. The number of halogens is 1. The molecule has 2 aliphatic heterocycles. The molecule has 2 saturated heterocycles. The summed E-state index contributed by atoms with van der Waals surface area (Å²) in [6, 6.07) is 7.75. The lowest BCUT2D eigenvalue weighted by Crippen LogP contribution is -2.55. The Hall–Kier alpha value is -1.63. The van der Waals surface area contributed by atoms with Gasteiger partial charge in [0.1, 0.15) is 5.54 Å². The molecule has 3 amide bonds. The van der Waals surface area contributed by atoms with Crippen LogP contribution in [0.25, 0.3) is 0 Å². The number of rotatable bonds is 4. The normalized spacial score (nSPS) is 29.5. The zero-order valence-electron chi connectivity index (χ0n) is 16.5. The highest BCUT2D eigenvalue weighted by molar-refractivity contribution is 6.30. The SMILES string of the molecule is C[C@@H]1CCCC[C@@]12NC(=O)N(CN1CCN(Cc3ccc(Cl)cc3)CC1)C2=O. The van der Waals surface area contributed by atoms with Crippen LogP contribution >= 0.6 is 11.6 Å². The van der Waals surface area contributed by atoms with E-state index in [1.54, 1.807) is 0 Å². The van der Waals surface area contributed by atoms with Gasteiger partial charge in [-0.2, -0.15) is 0 Å². The van der Waals surface area contributed by atoms with Crippen LogP contribution in [0, 0.1) is 5.92 Å². The zero-order chi connectivity index (χ0) is 19.7. The maximum atomic E-state index is 13.1. The molecule has 152 valence electrons. The molecule has 0 aromatic heterocycles. The topological polar surface area (TPSA) is 55.9 Å². The molecule has 0 bridgehead atoms. The Labute approximate surface area is 171 Å². The van der Waals surface area contributed by atoms with Crippen LogP contribution in [0.1, 0.15) is 38.2 Å². The summed E-state index contributed by atoms with van der Waals surface area (Å²) in [7, 11) is 0. The Morgan fingerprint density at radius 2 is 1.75 bits per heavy atom. The van der Waals surface area contributed by atoms with Gasteiger partial charge in [-0.1, -0.05) is 43.5 Å². The molecule has 1 spiro atoms. The molecule has 0 radical (unpaired) electrons. The molecule has 28 heavy (non-hydrogen) atoms. The summed E-state index contributed by atoms with van der Waals surface area (Å²) in [4.78, 5) is 31.7. The molecule has 1 aliphatic carbocycles. The Morgan fingerprint density at radius 3 is 2.43 bits per heavy atom. The van der Waals surface area contributed by atoms with E-state index < -0.39 is 5.54 Å². The van der Waals surface area contributed by atoms with Gasteiger partial charge < -0.3 is 5.32 Å². The molecule has 6 nitrogen and oxygen atoms in total. The van der Waals surface area contributed by atoms with E-state index in [1.165, 1.54) is 10.5 Å². The first-order valence-electron chi connectivity index (χ1n) is 10.3. The Bertz CT molecular complexity index is 732. The predicted molar refractivity (Wildman–Crippen MR) is 109 cm³/mol. The van der Waals surface area contributed by atoms with E-state index in [0.717, 1.165) is 63.4 Å². The van der Waals surface area contributed by atoms with Gasteiger partial charge in [-0.3, -0.25) is 14.6 Å². The number of carbonyl (C=O) groups excluding carboxylic acids is 2. The highest BCUT2D eigenvalue weighted by Crippen LogP contribution is 2.38. The molecule has 3 fully saturated rings. The number of piperazine rings is 1. The second-order valence-electron chi connectivity index (χ2n) is 8.44. The largest absolute Gasteiger partial charge is 0.326 e. The number of hydrogen-bond donors (Lipinski definition) is 1. The van der Waals surface area contributed by atoms with Gasteiger partial charge in [-0.25, -0.2) is 9.69 Å². The summed E-state index contributed by atoms with van der Waals surface area (Å²) in [6.45, 7) is 6.95. The minimum atomic E-state index is -0.661. The maximum absolute atomic E-state index is 13.1. The molecule has 2 atom stereocenters. The molecule has 1 aromatic carbocycles. The lowest BCUT2D eigenvalue weighted by molar-refractivity contribution is -0.136. The van der Waals surface area contributed by atoms with Gasteiger partial charge in [0.05, 0.1) is 6.67 Å². The predicted octanol–water partition coefficient (Wildman–Crippen LogP) is 2.92. The quantitative estimate of drug-likeness (QED) is 0.784. The molecular formula is C21H29ClN4O2. The molecule has 4 rings (SSSR count). The van der Waals surface area contributed by atoms with Crippen LogP contribution in [0.4, 0.5) is 4.79 Å². The van der Waals surface area contributed by atoms with E-state index in [9.17, 15) is 9.59 Å². The van der Waals surface area contributed by atoms with Crippen molar-refractivity contribution in [3.63, 3.8) is 0 Å². The van der Waals surface area contributed by atoms with E-state index in [1.807, 2.05) is 12.1 Å². The molecule has 1 saturated carbocycles. The summed E-state index contributed by atoms with van der Waals surface area (Å²) in [5.74, 6) is 0.187. The first-order chi connectivity index (χ1) is 13.5. The van der Waals surface area contributed by atoms with Crippen LogP contribution < -0.4 is 5.32 Å². The van der Waals surface area contributed by atoms with Crippen molar-refractivity contribution in [2.24, 2.45) is 5.92 Å². The van der Waals surface area contributed by atoms with Crippen molar-refractivity contribution in [1.29, 1.82) is 0 Å². The van der Waals surface area contributed by atoms with Crippen molar-refractivity contribution in [3.8, 4) is 0 Å². The van der Waals surface area contributed by atoms with E-state index in [-0.39, 0.29) is 17.9 Å². The fourth-order valence-electron chi connectivity index (χ4n) is 4.76. The van der Waals surface area contributed by atoms with Crippen LogP contribution in [0.3, 0.4) is 0 Å². The van der Waals surface area contributed by atoms with Crippen LogP contribution in [-0.2, 0) is 11.3 Å². The standard InChI is InChI=1S/C21H29ClN4O2/c1-16-4-2-3-9-21(16)19(27)26(20(28)23-21)15-25-12-10-24(11-13-25)14-17-5-7-18(22)8-6-17/h5-8,16H,2-4,9-15H2,1H3,(H,23,28)/t16-,21-/m1/s1. The number of urea groups is 1. The Balaban J connectivity index is 1.31. The Kier molecular flexibility index (Phi) is 5.63. The molecular weight excluding hydrogens is 376 g/mol. The fraction of sp³-hybridized carbons (Fsp3) is 0.619. The number of amides is 3. The number of nitrogens with zero attached hydrogens (tertiary/aromatic N) is 3. The third-order valence-corrected chi connectivity index (χ3v) is 6.88. The van der Waals surface area contributed by atoms with Gasteiger partial charge in [0.2, 0.25) is 0 Å². The number of hydrogen-bond acceptors (Lipinski definition) is 4. The summed E-state index contributed by atoms with van der Waals surface area (Å²) in [6.07, 6.45) is 3.92. The van der Waals surface area contributed by atoms with E-state index in [0.29, 0.717) is 6.67 Å². The van der Waals surface area contributed by atoms with Crippen molar-refractivity contribution in [3.05, 3.63) is 34.9 Å². The molecule has 7 heteroatoms. The molecule has 3 aliphatic rings. The summed E-state index contributed by atoms with van der Waals surface area (Å²) < 4.78 is 0. The van der Waals surface area contributed by atoms with Crippen molar-refractivity contribution in [2.75, 3.05) is 32.8 Å². The van der Waals surface area contributed by atoms with Crippen LogP contribution in [-0.4, -0.2) is 65.0 Å². The number of nitrogens with one attached hydrogen (secondary N) is 1. The minimum absolute atomic E-state index is 0.0201. The van der Waals surface area contributed by atoms with Crippen molar-refractivity contribution in [2.45, 2.75) is 44.7 Å². The van der Waals surface area contributed by atoms with Gasteiger partial charge in [0.25, 0.3) is 5.91 Å². The first-order valence-corrected chi connectivity index (χ1v) is 10.7. The average Bonchev–Trinajstić information content (AvgIpc) is 2.92. The van der Waals surface area contributed by atoms with Gasteiger partial charge in [-0.15, -0.1) is 0 Å². The molecule has 0 unspecified atom stereocenters. The van der Waals surface area contributed by atoms with Gasteiger partial charge in [-0.05, 0) is 36.5 Å². The fourth-order valence-corrected chi connectivity index (χ4v) is 4.89. The third-order valence-electron chi connectivity index (χ3n) is 6.63. The monoisotopic (exact) mass is 404 g/mol. The van der Waals surface area contributed by atoms with E-state index >= 15 is 0 Å². The highest BCUT2D eigenvalue weighted by atomic mass is 35.5. The average molecular weight is 405 g/mol. The molecule has 2 heterocycles. The lowest BCUT2D eigenvalue weighted by atomic mass is 9.73. The van der Waals surface area contributed by atoms with Gasteiger partial charge in [0, 0.05) is 37.7 Å². The van der Waals surface area contributed by atoms with Crippen molar-refractivity contribution in [1.82, 2.24) is 20.0 Å². The van der Waals surface area contributed by atoms with Crippen LogP contribution in [0.2, 0.25) is 5.02 Å². The first kappa shape index (κ1) is 19.7. The molecule has 1 aromatic rings.